The van der Waals surface area contributed by atoms with Crippen LogP contribution in [0.3, 0.4) is 0 Å². The molecule has 7 nitrogen and oxygen atoms in total. The fourth-order valence-electron chi connectivity index (χ4n) is 3.00. The molecular formula is C23H22N4O3. The van der Waals surface area contributed by atoms with Crippen LogP contribution in [0.5, 0.6) is 5.75 Å². The number of nitrogens with one attached hydrogen (secondary N) is 3. The van der Waals surface area contributed by atoms with Gasteiger partial charge in [0.25, 0.3) is 11.8 Å². The monoisotopic (exact) mass is 402 g/mol. The van der Waals surface area contributed by atoms with E-state index >= 15 is 0 Å². The summed E-state index contributed by atoms with van der Waals surface area (Å²) in [6.07, 6.45) is 3.65. The number of benzene rings is 2. The molecule has 1 fully saturated rings. The maximum atomic E-state index is 12.9. The molecule has 4 rings (SSSR count). The van der Waals surface area contributed by atoms with E-state index in [1.54, 1.807) is 49.7 Å². The van der Waals surface area contributed by atoms with Crippen LogP contribution in [0.25, 0.3) is 0 Å². The number of methoxy groups -OCH3 is 1. The van der Waals surface area contributed by atoms with Crippen molar-refractivity contribution in [3.05, 3.63) is 78.0 Å². The number of carbonyl (C=O) groups excluding carboxylic acids is 2. The summed E-state index contributed by atoms with van der Waals surface area (Å²) in [6, 6.07) is 17.9. The quantitative estimate of drug-likeness (QED) is 0.556. The Morgan fingerprint density at radius 2 is 1.83 bits per heavy atom. The molecule has 0 atom stereocenters. The molecule has 2 amide bonds. The second-order valence-electron chi connectivity index (χ2n) is 7.01. The van der Waals surface area contributed by atoms with E-state index in [0.717, 1.165) is 12.8 Å². The van der Waals surface area contributed by atoms with Crippen molar-refractivity contribution in [2.24, 2.45) is 0 Å². The van der Waals surface area contributed by atoms with Crippen molar-refractivity contribution in [1.82, 2.24) is 10.3 Å². The van der Waals surface area contributed by atoms with Crippen molar-refractivity contribution in [3.63, 3.8) is 0 Å². The summed E-state index contributed by atoms with van der Waals surface area (Å²) in [5, 5.41) is 8.95. The molecular weight excluding hydrogens is 380 g/mol. The predicted octanol–water partition coefficient (Wildman–Crippen LogP) is 3.98. The molecule has 3 N–H and O–H groups in total. The Bertz CT molecular complexity index is 1080. The van der Waals surface area contributed by atoms with E-state index in [1.165, 1.54) is 0 Å². The zero-order valence-electron chi connectivity index (χ0n) is 16.5. The summed E-state index contributed by atoms with van der Waals surface area (Å²) in [6.45, 7) is 0. The van der Waals surface area contributed by atoms with Crippen LogP contribution in [0, 0.1) is 0 Å². The average Bonchev–Trinajstić information content (AvgIpc) is 3.58. The van der Waals surface area contributed by atoms with Gasteiger partial charge in [0.2, 0.25) is 0 Å². The Hall–Kier alpha value is -3.87. The van der Waals surface area contributed by atoms with Gasteiger partial charge in [0.05, 0.1) is 18.4 Å². The van der Waals surface area contributed by atoms with E-state index in [-0.39, 0.29) is 17.9 Å². The maximum absolute atomic E-state index is 12.9. The van der Waals surface area contributed by atoms with Crippen molar-refractivity contribution in [2.45, 2.75) is 18.9 Å². The number of para-hydroxylation sites is 2. The fourth-order valence-corrected chi connectivity index (χ4v) is 3.00. The lowest BCUT2D eigenvalue weighted by Gasteiger charge is -2.14. The van der Waals surface area contributed by atoms with E-state index < -0.39 is 0 Å². The van der Waals surface area contributed by atoms with Gasteiger partial charge in [-0.15, -0.1) is 0 Å². The van der Waals surface area contributed by atoms with Crippen molar-refractivity contribution in [3.8, 4) is 5.75 Å². The van der Waals surface area contributed by atoms with Gasteiger partial charge in [-0.05, 0) is 55.3 Å². The SMILES string of the molecule is COc1ccccc1Nc1ncccc1C(=O)Nc1cccc(C(=O)NC2CC2)c1. The van der Waals surface area contributed by atoms with E-state index in [9.17, 15) is 9.59 Å². The fraction of sp³-hybridized carbons (Fsp3) is 0.174. The van der Waals surface area contributed by atoms with Crippen LogP contribution < -0.4 is 20.7 Å². The molecule has 30 heavy (non-hydrogen) atoms. The lowest BCUT2D eigenvalue weighted by atomic mass is 10.1. The van der Waals surface area contributed by atoms with E-state index in [2.05, 4.69) is 20.9 Å². The number of hydrogen-bond donors (Lipinski definition) is 3. The molecule has 0 bridgehead atoms. The summed E-state index contributed by atoms with van der Waals surface area (Å²) in [7, 11) is 1.58. The number of amides is 2. The Labute approximate surface area is 174 Å². The second kappa shape index (κ2) is 8.65. The topological polar surface area (TPSA) is 92.3 Å². The highest BCUT2D eigenvalue weighted by atomic mass is 16.5. The Morgan fingerprint density at radius 1 is 1.00 bits per heavy atom. The van der Waals surface area contributed by atoms with Gasteiger partial charge in [0, 0.05) is 23.5 Å². The molecule has 1 aromatic heterocycles. The Balaban J connectivity index is 1.52. The molecule has 7 heteroatoms. The lowest BCUT2D eigenvalue weighted by molar-refractivity contribution is 0.0949. The first-order valence-corrected chi connectivity index (χ1v) is 9.71. The van der Waals surface area contributed by atoms with Gasteiger partial charge in [-0.3, -0.25) is 9.59 Å². The van der Waals surface area contributed by atoms with Gasteiger partial charge in [-0.2, -0.15) is 0 Å². The number of ether oxygens (including phenoxy) is 1. The van der Waals surface area contributed by atoms with E-state index in [1.807, 2.05) is 24.3 Å². The third-order valence-electron chi connectivity index (χ3n) is 4.71. The molecule has 1 heterocycles. The second-order valence-corrected chi connectivity index (χ2v) is 7.01. The standard InChI is InChI=1S/C23H22N4O3/c1-30-20-10-3-2-9-19(20)27-21-18(8-5-13-24-21)23(29)26-17-7-4-6-15(14-17)22(28)25-16-11-12-16/h2-10,13-14,16H,11-12H2,1H3,(H,24,27)(H,25,28)(H,26,29). The van der Waals surface area contributed by atoms with Crippen molar-refractivity contribution in [1.29, 1.82) is 0 Å². The number of carbonyl (C=O) groups is 2. The van der Waals surface area contributed by atoms with Crippen LogP contribution in [0.4, 0.5) is 17.2 Å². The number of rotatable bonds is 7. The summed E-state index contributed by atoms with van der Waals surface area (Å²) in [5.74, 6) is 0.583. The largest absolute Gasteiger partial charge is 0.495 e. The van der Waals surface area contributed by atoms with Crippen molar-refractivity contribution < 1.29 is 14.3 Å². The van der Waals surface area contributed by atoms with E-state index in [4.69, 9.17) is 4.74 Å². The molecule has 0 saturated heterocycles. The highest BCUT2D eigenvalue weighted by Gasteiger charge is 2.24. The molecule has 1 aliphatic rings. The van der Waals surface area contributed by atoms with Gasteiger partial charge >= 0.3 is 0 Å². The van der Waals surface area contributed by atoms with Crippen LogP contribution >= 0.6 is 0 Å². The Morgan fingerprint density at radius 3 is 2.63 bits per heavy atom. The lowest BCUT2D eigenvalue weighted by Crippen LogP contribution is -2.25. The number of anilines is 3. The molecule has 2 aromatic carbocycles. The average molecular weight is 402 g/mol. The smallest absolute Gasteiger partial charge is 0.259 e. The molecule has 0 unspecified atom stereocenters. The minimum atomic E-state index is -0.333. The van der Waals surface area contributed by atoms with Gasteiger partial charge in [0.15, 0.2) is 0 Å². The number of hydrogen-bond acceptors (Lipinski definition) is 5. The Kier molecular flexibility index (Phi) is 5.61. The molecule has 3 aromatic rings. The van der Waals surface area contributed by atoms with E-state index in [0.29, 0.717) is 34.1 Å². The summed E-state index contributed by atoms with van der Waals surface area (Å²) in [5.41, 5.74) is 2.12. The summed E-state index contributed by atoms with van der Waals surface area (Å²) in [4.78, 5) is 29.5. The third kappa shape index (κ3) is 4.57. The molecule has 1 saturated carbocycles. The molecule has 0 aliphatic heterocycles. The van der Waals surface area contributed by atoms with Crippen molar-refractivity contribution >= 4 is 29.0 Å². The number of pyridine rings is 1. The van der Waals surface area contributed by atoms with Crippen LogP contribution in [0.1, 0.15) is 33.6 Å². The van der Waals surface area contributed by atoms with Gasteiger partial charge < -0.3 is 20.7 Å². The first-order valence-electron chi connectivity index (χ1n) is 9.71. The van der Waals surface area contributed by atoms with Gasteiger partial charge in [-0.25, -0.2) is 4.98 Å². The molecule has 152 valence electrons. The van der Waals surface area contributed by atoms with Gasteiger partial charge in [-0.1, -0.05) is 18.2 Å². The zero-order valence-corrected chi connectivity index (χ0v) is 16.5. The molecule has 1 aliphatic carbocycles. The van der Waals surface area contributed by atoms with Crippen LogP contribution in [-0.4, -0.2) is 29.9 Å². The molecule has 0 radical (unpaired) electrons. The summed E-state index contributed by atoms with van der Waals surface area (Å²) < 4.78 is 5.35. The summed E-state index contributed by atoms with van der Waals surface area (Å²) >= 11 is 0. The molecule has 0 spiro atoms. The van der Waals surface area contributed by atoms with Crippen LogP contribution in [0.2, 0.25) is 0 Å². The first kappa shape index (κ1) is 19.4. The minimum Gasteiger partial charge on any atom is -0.495 e. The van der Waals surface area contributed by atoms with Crippen molar-refractivity contribution in [2.75, 3.05) is 17.7 Å². The van der Waals surface area contributed by atoms with Crippen LogP contribution in [-0.2, 0) is 0 Å². The third-order valence-corrected chi connectivity index (χ3v) is 4.71. The van der Waals surface area contributed by atoms with Crippen LogP contribution in [0.15, 0.2) is 66.9 Å². The van der Waals surface area contributed by atoms with Gasteiger partial charge in [0.1, 0.15) is 11.6 Å². The first-order chi connectivity index (χ1) is 14.6. The number of aromatic nitrogens is 1. The highest BCUT2D eigenvalue weighted by molar-refractivity contribution is 6.08. The normalized spacial score (nSPS) is 12.7. The minimum absolute atomic E-state index is 0.131. The zero-order chi connectivity index (χ0) is 20.9. The highest BCUT2D eigenvalue weighted by Crippen LogP contribution is 2.28. The number of nitrogens with zero attached hydrogens (tertiary/aromatic N) is 1. The maximum Gasteiger partial charge on any atom is 0.259 e. The predicted molar refractivity (Wildman–Crippen MR) is 115 cm³/mol.